The van der Waals surface area contributed by atoms with Gasteiger partial charge < -0.3 is 4.74 Å². The van der Waals surface area contributed by atoms with E-state index >= 15 is 0 Å². The first-order valence-electron chi connectivity index (χ1n) is 7.18. The Labute approximate surface area is 136 Å². The minimum atomic E-state index is -0.376. The van der Waals surface area contributed by atoms with Gasteiger partial charge in [-0.3, -0.25) is 13.9 Å². The van der Waals surface area contributed by atoms with E-state index in [1.54, 1.807) is 18.2 Å². The number of ketones is 1. The molecule has 0 atom stereocenters. The minimum Gasteiger partial charge on any atom is -0.462 e. The van der Waals surface area contributed by atoms with Crippen molar-refractivity contribution in [3.05, 3.63) is 24.3 Å². The Kier molecular flexibility index (Phi) is 10.3. The van der Waals surface area contributed by atoms with Crippen molar-refractivity contribution >= 4 is 29.6 Å². The monoisotopic (exact) mass is 327 g/mol. The summed E-state index contributed by atoms with van der Waals surface area (Å²) in [7, 11) is 0. The van der Waals surface area contributed by atoms with Gasteiger partial charge in [-0.25, -0.2) is 4.79 Å². The van der Waals surface area contributed by atoms with Crippen LogP contribution in [0.15, 0.2) is 24.3 Å². The highest BCUT2D eigenvalue weighted by Crippen LogP contribution is 2.14. The molecule has 0 spiro atoms. The van der Waals surface area contributed by atoms with Gasteiger partial charge in [0.2, 0.25) is 5.91 Å². The average molecular weight is 327 g/mol. The van der Waals surface area contributed by atoms with Crippen molar-refractivity contribution in [1.82, 2.24) is 4.31 Å². The van der Waals surface area contributed by atoms with Gasteiger partial charge in [0.1, 0.15) is 0 Å². The second kappa shape index (κ2) is 11.1. The Bertz CT molecular complexity index is 445. The predicted molar refractivity (Wildman–Crippen MR) is 89.3 cm³/mol. The fourth-order valence-electron chi connectivity index (χ4n) is 1.39. The first-order chi connectivity index (χ1) is 10.3. The third-order valence-electron chi connectivity index (χ3n) is 2.77. The van der Waals surface area contributed by atoms with Gasteiger partial charge in [0, 0.05) is 19.0 Å². The molecule has 0 radical (unpaired) electrons. The Balaban J connectivity index is 3.90. The summed E-state index contributed by atoms with van der Waals surface area (Å²) in [4.78, 5) is 34.2. The number of nitrogens with zero attached hydrogens (tertiary/aromatic N) is 1. The third kappa shape index (κ3) is 9.39. The summed E-state index contributed by atoms with van der Waals surface area (Å²) in [5.41, 5.74) is 0.886. The molecule has 0 aliphatic carbocycles. The molecule has 0 aromatic rings. The van der Waals surface area contributed by atoms with Crippen LogP contribution in [0.2, 0.25) is 0 Å². The van der Waals surface area contributed by atoms with Gasteiger partial charge in [-0.15, -0.1) is 0 Å². The first-order valence-corrected chi connectivity index (χ1v) is 8.12. The summed E-state index contributed by atoms with van der Waals surface area (Å²) < 4.78 is 6.57. The van der Waals surface area contributed by atoms with Crippen molar-refractivity contribution in [3.63, 3.8) is 0 Å². The fraction of sp³-hybridized carbons (Fsp3) is 0.562. The van der Waals surface area contributed by atoms with E-state index in [-0.39, 0.29) is 23.4 Å². The molecule has 0 saturated carbocycles. The quantitative estimate of drug-likeness (QED) is 0.253. The summed E-state index contributed by atoms with van der Waals surface area (Å²) in [5.74, 6) is -0.277. The number of rotatable bonds is 11. The maximum absolute atomic E-state index is 11.5. The smallest absolute Gasteiger partial charge is 0.333 e. The Morgan fingerprint density at radius 2 is 1.64 bits per heavy atom. The normalized spacial score (nSPS) is 9.95. The molecule has 0 bridgehead atoms. The molecular weight excluding hydrogens is 302 g/mol. The van der Waals surface area contributed by atoms with Gasteiger partial charge in [-0.05, 0) is 50.6 Å². The molecule has 0 aromatic heterocycles. The lowest BCUT2D eigenvalue weighted by Crippen LogP contribution is -2.24. The molecule has 0 aliphatic rings. The van der Waals surface area contributed by atoms with E-state index in [0.29, 0.717) is 24.3 Å². The zero-order valence-corrected chi connectivity index (χ0v) is 14.5. The Morgan fingerprint density at radius 1 is 1.00 bits per heavy atom. The maximum Gasteiger partial charge on any atom is 0.333 e. The van der Waals surface area contributed by atoms with E-state index in [1.165, 1.54) is 18.9 Å². The largest absolute Gasteiger partial charge is 0.462 e. The van der Waals surface area contributed by atoms with Crippen molar-refractivity contribution in [2.45, 2.75) is 40.0 Å². The van der Waals surface area contributed by atoms with Crippen molar-refractivity contribution in [2.75, 3.05) is 18.9 Å². The molecular formula is C16H25NO4S. The lowest BCUT2D eigenvalue weighted by atomic mass is 10.2. The number of hydrogen-bond donors (Lipinski definition) is 0. The molecule has 0 fully saturated rings. The highest BCUT2D eigenvalue weighted by atomic mass is 32.2. The highest BCUT2D eigenvalue weighted by molar-refractivity contribution is 7.98. The average Bonchev–Trinajstić information content (AvgIpc) is 2.44. The van der Waals surface area contributed by atoms with E-state index in [9.17, 15) is 14.4 Å². The number of amides is 1. The predicted octanol–water partition coefficient (Wildman–Crippen LogP) is 2.92. The number of esters is 1. The van der Waals surface area contributed by atoms with E-state index in [2.05, 4.69) is 13.2 Å². The van der Waals surface area contributed by atoms with Gasteiger partial charge in [0.25, 0.3) is 0 Å². The van der Waals surface area contributed by atoms with Crippen LogP contribution in [0.25, 0.3) is 0 Å². The van der Waals surface area contributed by atoms with E-state index in [1.807, 2.05) is 0 Å². The van der Waals surface area contributed by atoms with Gasteiger partial charge in [-0.1, -0.05) is 13.2 Å². The molecule has 0 unspecified atom stereocenters. The van der Waals surface area contributed by atoms with Crippen LogP contribution in [0.5, 0.6) is 0 Å². The minimum absolute atomic E-state index is 0.0528. The topological polar surface area (TPSA) is 63.7 Å². The van der Waals surface area contributed by atoms with Gasteiger partial charge in [0.15, 0.2) is 5.78 Å². The van der Waals surface area contributed by atoms with Crippen molar-refractivity contribution in [2.24, 2.45) is 0 Å². The lowest BCUT2D eigenvalue weighted by Gasteiger charge is -2.19. The van der Waals surface area contributed by atoms with E-state index < -0.39 is 0 Å². The van der Waals surface area contributed by atoms with Crippen LogP contribution in [-0.2, 0) is 19.1 Å². The van der Waals surface area contributed by atoms with Crippen molar-refractivity contribution in [1.29, 1.82) is 0 Å². The zero-order valence-electron chi connectivity index (χ0n) is 13.6. The number of allylic oxidation sites excluding steroid dienone is 1. The number of carbonyl (C=O) groups is 3. The molecule has 0 aromatic carbocycles. The van der Waals surface area contributed by atoms with E-state index in [4.69, 9.17) is 4.74 Å². The molecule has 0 N–H and O–H groups in total. The van der Waals surface area contributed by atoms with Crippen LogP contribution < -0.4 is 0 Å². The van der Waals surface area contributed by atoms with Crippen molar-refractivity contribution in [3.8, 4) is 0 Å². The summed E-state index contributed by atoms with van der Waals surface area (Å²) in [6.45, 7) is 12.8. The number of unbranched alkanes of at least 4 members (excludes halogenated alkanes) is 2. The molecule has 1 amide bonds. The van der Waals surface area contributed by atoms with Crippen LogP contribution >= 0.6 is 11.9 Å². The summed E-state index contributed by atoms with van der Waals surface area (Å²) >= 11 is 1.22. The number of Topliss-reactive ketones (excluding diaryl/α,β-unsaturated/α-hetero) is 1. The van der Waals surface area contributed by atoms with Crippen LogP contribution in [-0.4, -0.2) is 40.9 Å². The highest BCUT2D eigenvalue weighted by Gasteiger charge is 2.12. The standard InChI is InChI=1S/C16H25NO4S/c1-12(2)15(19)11-22-17(14(5)18)9-7-6-8-10-21-16(20)13(3)4/h1,3,6-11H2,2,4-5H3. The van der Waals surface area contributed by atoms with Crippen LogP contribution in [0.4, 0.5) is 0 Å². The Hall–Kier alpha value is -1.56. The van der Waals surface area contributed by atoms with Gasteiger partial charge in [0.05, 0.1) is 12.4 Å². The second-order valence-electron chi connectivity index (χ2n) is 5.07. The first kappa shape index (κ1) is 20.4. The molecule has 5 nitrogen and oxygen atoms in total. The third-order valence-corrected chi connectivity index (χ3v) is 3.91. The van der Waals surface area contributed by atoms with Gasteiger partial charge in [-0.2, -0.15) is 0 Å². The maximum atomic E-state index is 11.5. The van der Waals surface area contributed by atoms with Gasteiger partial charge >= 0.3 is 5.97 Å². The molecule has 0 heterocycles. The van der Waals surface area contributed by atoms with Crippen LogP contribution in [0.3, 0.4) is 0 Å². The second-order valence-corrected chi connectivity index (χ2v) is 6.06. The summed E-state index contributed by atoms with van der Waals surface area (Å²) in [6, 6.07) is 0. The number of ether oxygens (including phenoxy) is 1. The molecule has 0 saturated heterocycles. The Morgan fingerprint density at radius 3 is 2.14 bits per heavy atom. The summed E-state index contributed by atoms with van der Waals surface area (Å²) in [6.07, 6.45) is 2.36. The molecule has 22 heavy (non-hydrogen) atoms. The SMILES string of the molecule is C=C(C)C(=O)CSN(CCCCCOC(=O)C(=C)C)C(C)=O. The molecule has 0 rings (SSSR count). The number of hydrogen-bond acceptors (Lipinski definition) is 5. The van der Waals surface area contributed by atoms with Crippen LogP contribution in [0, 0.1) is 0 Å². The van der Waals surface area contributed by atoms with E-state index in [0.717, 1.165) is 19.3 Å². The fourth-order valence-corrected chi connectivity index (χ4v) is 2.35. The number of carbonyl (C=O) groups excluding carboxylic acids is 3. The van der Waals surface area contributed by atoms with Crippen molar-refractivity contribution < 1.29 is 19.1 Å². The zero-order chi connectivity index (χ0) is 17.1. The lowest BCUT2D eigenvalue weighted by molar-refractivity contribution is -0.139. The summed E-state index contributed by atoms with van der Waals surface area (Å²) in [5, 5.41) is 0. The van der Waals surface area contributed by atoms with Crippen LogP contribution in [0.1, 0.15) is 40.0 Å². The molecule has 124 valence electrons. The molecule has 0 aliphatic heterocycles. The molecule has 6 heteroatoms.